The zero-order valence-corrected chi connectivity index (χ0v) is 22.1. The Kier molecular flexibility index (Phi) is 7.72. The molecule has 212 valence electrons. The average molecular weight is 544 g/mol. The van der Waals surface area contributed by atoms with Crippen molar-refractivity contribution in [2.45, 2.75) is 63.5 Å². The van der Waals surface area contributed by atoms with Crippen molar-refractivity contribution in [3.8, 4) is 11.5 Å². The van der Waals surface area contributed by atoms with Gasteiger partial charge in [-0.25, -0.2) is 4.79 Å². The number of benzene rings is 1. The summed E-state index contributed by atoms with van der Waals surface area (Å²) in [5.74, 6) is 0.0275. The Morgan fingerprint density at radius 3 is 2.46 bits per heavy atom. The zero-order chi connectivity index (χ0) is 27.6. The number of aliphatic carboxylic acids is 1. The van der Waals surface area contributed by atoms with Gasteiger partial charge in [-0.1, -0.05) is 0 Å². The first-order valence-electron chi connectivity index (χ1n) is 13.8. The molecule has 6 N–H and O–H groups in total. The number of carbonyl (C=O) groups is 3. The van der Waals surface area contributed by atoms with Crippen LogP contribution in [0, 0.1) is 17.8 Å². The summed E-state index contributed by atoms with van der Waals surface area (Å²) in [5.41, 5.74) is -0.799. The number of carboxylic acids is 1. The highest BCUT2D eigenvalue weighted by Gasteiger charge is 2.53. The molecule has 5 aliphatic rings. The van der Waals surface area contributed by atoms with Crippen LogP contribution < -0.4 is 26.0 Å². The third-order valence-corrected chi connectivity index (χ3v) is 8.17. The molecule has 1 aromatic carbocycles. The number of rotatable bonds is 9. The Hall–Kier alpha value is -3.70. The highest BCUT2D eigenvalue weighted by molar-refractivity contribution is 6.02. The van der Waals surface area contributed by atoms with Gasteiger partial charge in [-0.15, -0.1) is 0 Å². The Morgan fingerprint density at radius 2 is 1.85 bits per heavy atom. The maximum absolute atomic E-state index is 13.2. The van der Waals surface area contributed by atoms with Gasteiger partial charge in [0.05, 0.1) is 12.1 Å². The highest BCUT2D eigenvalue weighted by atomic mass is 16.6. The molecule has 4 bridgehead atoms. The van der Waals surface area contributed by atoms with E-state index >= 15 is 0 Å². The largest absolute Gasteiger partial charge is 0.505 e. The van der Waals surface area contributed by atoms with Crippen molar-refractivity contribution in [3.63, 3.8) is 0 Å². The van der Waals surface area contributed by atoms with E-state index in [1.54, 1.807) is 0 Å². The fourth-order valence-corrected chi connectivity index (χ4v) is 6.79. The normalized spacial score (nSPS) is 27.5. The molecular weight excluding hydrogens is 506 g/mol. The molecule has 0 aromatic heterocycles. The van der Waals surface area contributed by atoms with Crippen LogP contribution in [0.3, 0.4) is 0 Å². The van der Waals surface area contributed by atoms with E-state index in [0.29, 0.717) is 30.3 Å². The minimum absolute atomic E-state index is 0.103. The predicted octanol–water partition coefficient (Wildman–Crippen LogP) is 2.43. The van der Waals surface area contributed by atoms with Gasteiger partial charge in [-0.3, -0.25) is 19.9 Å². The topological polar surface area (TPSA) is 171 Å². The van der Waals surface area contributed by atoms with E-state index in [-0.39, 0.29) is 23.6 Å². The minimum atomic E-state index is -1.22. The van der Waals surface area contributed by atoms with Crippen LogP contribution in [-0.2, 0) is 9.53 Å². The smallest absolute Gasteiger partial charge is 0.412 e. The lowest BCUT2D eigenvalue weighted by Crippen LogP contribution is -2.53. The summed E-state index contributed by atoms with van der Waals surface area (Å²) in [6.07, 6.45) is 6.40. The summed E-state index contributed by atoms with van der Waals surface area (Å²) in [6.45, 7) is 3.48. The number of carboxylic acid groups (broad SMARTS) is 1. The Morgan fingerprint density at radius 1 is 1.15 bits per heavy atom. The zero-order valence-electron chi connectivity index (χ0n) is 22.1. The van der Waals surface area contributed by atoms with E-state index in [1.165, 1.54) is 38.3 Å². The number of aromatic hydroxyl groups is 1. The fourth-order valence-electron chi connectivity index (χ4n) is 6.79. The third-order valence-electron chi connectivity index (χ3n) is 8.17. The monoisotopic (exact) mass is 543 g/mol. The number of nitrogens with zero attached hydrogens (tertiary/aromatic N) is 1. The first-order chi connectivity index (χ1) is 18.7. The van der Waals surface area contributed by atoms with E-state index in [1.807, 2.05) is 0 Å². The average Bonchev–Trinajstić information content (AvgIpc) is 2.87. The summed E-state index contributed by atoms with van der Waals surface area (Å²) in [5, 5.41) is 31.4. The first kappa shape index (κ1) is 26.9. The molecule has 6 rings (SSSR count). The van der Waals surface area contributed by atoms with E-state index in [4.69, 9.17) is 14.6 Å². The molecular formula is C27H37N5O7. The molecule has 4 aliphatic carbocycles. The van der Waals surface area contributed by atoms with Gasteiger partial charge in [0.1, 0.15) is 29.7 Å². The summed E-state index contributed by atoms with van der Waals surface area (Å²) in [6, 6.07) is 1.61. The van der Waals surface area contributed by atoms with Crippen molar-refractivity contribution in [1.29, 1.82) is 0 Å². The third kappa shape index (κ3) is 6.15. The summed E-state index contributed by atoms with van der Waals surface area (Å²) >= 11 is 0. The Balaban J connectivity index is 1.30. The van der Waals surface area contributed by atoms with Crippen molar-refractivity contribution in [2.75, 3.05) is 31.6 Å². The SMILES string of the molecule is C[C@H](NC(=O)c1ccc(OCCNC2=NCCCN2)c(NC(=O)OC23CC4CC(CC(C4)C2)C3)c1O)C(=O)O. The van der Waals surface area contributed by atoms with Gasteiger partial charge >= 0.3 is 12.1 Å². The number of hydrogen-bond acceptors (Lipinski definition) is 9. The van der Waals surface area contributed by atoms with Crippen LogP contribution in [0.5, 0.6) is 11.5 Å². The Bertz CT molecular complexity index is 1120. The minimum Gasteiger partial charge on any atom is -0.505 e. The number of phenolic OH excluding ortho intramolecular Hbond substituents is 1. The van der Waals surface area contributed by atoms with E-state index in [9.17, 15) is 19.5 Å². The van der Waals surface area contributed by atoms with Crippen LogP contribution in [0.1, 0.15) is 62.2 Å². The second-order valence-electron chi connectivity index (χ2n) is 11.3. The molecule has 0 spiro atoms. The second-order valence-corrected chi connectivity index (χ2v) is 11.3. The van der Waals surface area contributed by atoms with E-state index in [2.05, 4.69) is 26.3 Å². The number of anilines is 1. The van der Waals surface area contributed by atoms with Gasteiger partial charge in [0, 0.05) is 13.1 Å². The van der Waals surface area contributed by atoms with Crippen molar-refractivity contribution >= 4 is 29.6 Å². The van der Waals surface area contributed by atoms with Crippen molar-refractivity contribution in [3.05, 3.63) is 17.7 Å². The standard InChI is InChI=1S/C27H37N5O7/c1-15(24(35)36)31-23(34)19-3-4-20(38-8-7-30-25-28-5-2-6-29-25)21(22(19)33)32-26(37)39-27-12-16-9-17(13-27)11-18(10-16)14-27/h3-4,15-18,33H,2,5-14H2,1H3,(H,31,34)(H,32,37)(H,35,36)(H2,28,29,30)/t15-,16?,17?,18?,27?/m0/s1. The van der Waals surface area contributed by atoms with Gasteiger partial charge in [0.2, 0.25) is 0 Å². The van der Waals surface area contributed by atoms with Crippen LogP contribution in [0.25, 0.3) is 0 Å². The molecule has 1 aliphatic heterocycles. The number of phenols is 1. The summed E-state index contributed by atoms with van der Waals surface area (Å²) in [7, 11) is 0. The van der Waals surface area contributed by atoms with Crippen molar-refractivity contribution in [2.24, 2.45) is 22.7 Å². The van der Waals surface area contributed by atoms with Crippen molar-refractivity contribution in [1.82, 2.24) is 16.0 Å². The van der Waals surface area contributed by atoms with Gasteiger partial charge in [0.25, 0.3) is 5.91 Å². The summed E-state index contributed by atoms with van der Waals surface area (Å²) < 4.78 is 11.9. The van der Waals surface area contributed by atoms with Gasteiger partial charge in [0.15, 0.2) is 11.7 Å². The molecule has 12 heteroatoms. The van der Waals surface area contributed by atoms with Crippen LogP contribution in [-0.4, -0.2) is 72.0 Å². The van der Waals surface area contributed by atoms with Gasteiger partial charge in [-0.05, 0) is 81.8 Å². The highest BCUT2D eigenvalue weighted by Crippen LogP contribution is 2.57. The molecule has 1 heterocycles. The van der Waals surface area contributed by atoms with Crippen molar-refractivity contribution < 1.29 is 34.1 Å². The van der Waals surface area contributed by atoms with Crippen LogP contribution >= 0.6 is 0 Å². The molecule has 39 heavy (non-hydrogen) atoms. The van der Waals surface area contributed by atoms with Gasteiger partial charge in [-0.2, -0.15) is 0 Å². The number of guanidine groups is 1. The molecule has 2 amide bonds. The first-order valence-corrected chi connectivity index (χ1v) is 13.8. The number of hydrogen-bond donors (Lipinski definition) is 6. The lowest BCUT2D eigenvalue weighted by Gasteiger charge is -2.55. The number of amides is 2. The molecule has 4 fully saturated rings. The molecule has 0 radical (unpaired) electrons. The molecule has 0 saturated heterocycles. The fraction of sp³-hybridized carbons (Fsp3) is 0.630. The maximum atomic E-state index is 13.2. The van der Waals surface area contributed by atoms with Crippen LogP contribution in [0.2, 0.25) is 0 Å². The van der Waals surface area contributed by atoms with Crippen LogP contribution in [0.15, 0.2) is 17.1 Å². The van der Waals surface area contributed by atoms with E-state index in [0.717, 1.165) is 38.8 Å². The lowest BCUT2D eigenvalue weighted by atomic mass is 9.54. The molecule has 1 atom stereocenters. The summed E-state index contributed by atoms with van der Waals surface area (Å²) in [4.78, 5) is 41.4. The molecule has 0 unspecified atom stereocenters. The Labute approximate surface area is 226 Å². The maximum Gasteiger partial charge on any atom is 0.412 e. The number of aliphatic imine (C=N–C) groups is 1. The quantitative estimate of drug-likeness (QED) is 0.202. The molecule has 1 aromatic rings. The second kappa shape index (κ2) is 11.2. The van der Waals surface area contributed by atoms with Gasteiger partial charge < -0.3 is 35.6 Å². The number of carbonyl (C=O) groups excluding carboxylic acids is 2. The predicted molar refractivity (Wildman–Crippen MR) is 142 cm³/mol. The number of ether oxygens (including phenoxy) is 2. The number of nitrogens with one attached hydrogen (secondary N) is 4. The van der Waals surface area contributed by atoms with E-state index < -0.39 is 35.4 Å². The lowest BCUT2D eigenvalue weighted by molar-refractivity contribution is -0.138. The molecule has 12 nitrogen and oxygen atoms in total. The van der Waals surface area contributed by atoms with Crippen LogP contribution in [0.4, 0.5) is 10.5 Å². The molecule has 4 saturated carbocycles.